The molecule has 5 rings (SSSR count). The highest BCUT2D eigenvalue weighted by molar-refractivity contribution is 6.00. The van der Waals surface area contributed by atoms with Gasteiger partial charge >= 0.3 is 0 Å². The van der Waals surface area contributed by atoms with E-state index in [1.54, 1.807) is 13.2 Å². The second-order valence-corrected chi connectivity index (χ2v) is 8.72. The van der Waals surface area contributed by atoms with Gasteiger partial charge < -0.3 is 14.7 Å². The maximum atomic E-state index is 13.5. The summed E-state index contributed by atoms with van der Waals surface area (Å²) in [4.78, 5) is 15.4. The number of nitrogens with zero attached hydrogens (tertiary/aromatic N) is 2. The van der Waals surface area contributed by atoms with Crippen molar-refractivity contribution in [1.29, 1.82) is 0 Å². The number of carbonyl (C=O) groups excluding carboxylic acids is 1. The highest BCUT2D eigenvalue weighted by Gasteiger charge is 2.42. The molecule has 1 amide bonds. The number of benzene rings is 3. The van der Waals surface area contributed by atoms with Crippen molar-refractivity contribution in [1.82, 2.24) is 15.1 Å². The van der Waals surface area contributed by atoms with Crippen LogP contribution in [0.15, 0.2) is 66.7 Å². The van der Waals surface area contributed by atoms with Crippen LogP contribution in [0.3, 0.4) is 0 Å². The molecule has 34 heavy (non-hydrogen) atoms. The van der Waals surface area contributed by atoms with Gasteiger partial charge in [0.1, 0.15) is 22.9 Å². The minimum absolute atomic E-state index is 0.0839. The third kappa shape index (κ3) is 3.71. The zero-order valence-electron chi connectivity index (χ0n) is 19.5. The lowest BCUT2D eigenvalue weighted by Gasteiger charge is -2.26. The molecule has 0 saturated heterocycles. The summed E-state index contributed by atoms with van der Waals surface area (Å²) >= 11 is 0. The standard InChI is InChI=1S/C28H27N3O3/c1-17-15-22(23(32)16-18(17)2)25-24-26(30-29-25)28(33)31(27(24)20-7-5-4-6-8-20)14-13-19-9-11-21(34-3)12-10-19/h4-12,15-16,27,32H,13-14H2,1-3H3,(H,29,30). The van der Waals surface area contributed by atoms with Crippen LogP contribution in [-0.2, 0) is 6.42 Å². The first-order chi connectivity index (χ1) is 16.5. The zero-order valence-corrected chi connectivity index (χ0v) is 19.5. The van der Waals surface area contributed by atoms with Gasteiger partial charge in [-0.25, -0.2) is 0 Å². The predicted molar refractivity (Wildman–Crippen MR) is 131 cm³/mol. The number of H-pyrrole nitrogens is 1. The minimum Gasteiger partial charge on any atom is -0.507 e. The van der Waals surface area contributed by atoms with Gasteiger partial charge in [0, 0.05) is 17.7 Å². The van der Waals surface area contributed by atoms with E-state index in [4.69, 9.17) is 4.74 Å². The van der Waals surface area contributed by atoms with E-state index in [2.05, 4.69) is 10.2 Å². The van der Waals surface area contributed by atoms with Crippen LogP contribution < -0.4 is 4.74 Å². The van der Waals surface area contributed by atoms with E-state index >= 15 is 0 Å². The van der Waals surface area contributed by atoms with Gasteiger partial charge in [-0.15, -0.1) is 0 Å². The summed E-state index contributed by atoms with van der Waals surface area (Å²) in [6.45, 7) is 4.52. The summed E-state index contributed by atoms with van der Waals surface area (Å²) in [7, 11) is 1.65. The summed E-state index contributed by atoms with van der Waals surface area (Å²) in [6, 6.07) is 21.3. The smallest absolute Gasteiger partial charge is 0.273 e. The molecule has 2 heterocycles. The second kappa shape index (κ2) is 8.71. The number of hydrogen-bond acceptors (Lipinski definition) is 4. The Morgan fingerprint density at radius 3 is 2.44 bits per heavy atom. The number of methoxy groups -OCH3 is 1. The number of phenolic OH excluding ortho intramolecular Hbond substituents is 1. The first-order valence-corrected chi connectivity index (χ1v) is 11.4. The van der Waals surface area contributed by atoms with Crippen LogP contribution in [0.25, 0.3) is 11.3 Å². The van der Waals surface area contributed by atoms with E-state index in [-0.39, 0.29) is 17.7 Å². The van der Waals surface area contributed by atoms with E-state index in [0.717, 1.165) is 33.6 Å². The molecule has 0 saturated carbocycles. The van der Waals surface area contributed by atoms with Crippen LogP contribution in [0.5, 0.6) is 11.5 Å². The monoisotopic (exact) mass is 453 g/mol. The van der Waals surface area contributed by atoms with E-state index in [1.165, 1.54) is 0 Å². The number of ether oxygens (including phenoxy) is 1. The number of fused-ring (bicyclic) bond motifs is 1. The quantitative estimate of drug-likeness (QED) is 0.421. The molecule has 0 radical (unpaired) electrons. The summed E-state index contributed by atoms with van der Waals surface area (Å²) in [5, 5.41) is 18.2. The molecule has 1 aliphatic rings. The van der Waals surface area contributed by atoms with Crippen molar-refractivity contribution in [2.45, 2.75) is 26.3 Å². The van der Waals surface area contributed by atoms with Gasteiger partial charge in [-0.05, 0) is 66.8 Å². The fourth-order valence-corrected chi connectivity index (χ4v) is 4.65. The molecule has 0 spiro atoms. The molecule has 3 aromatic carbocycles. The van der Waals surface area contributed by atoms with Gasteiger partial charge in [0.05, 0.1) is 13.2 Å². The van der Waals surface area contributed by atoms with Gasteiger partial charge in [0.15, 0.2) is 0 Å². The number of hydrogen-bond donors (Lipinski definition) is 2. The van der Waals surface area contributed by atoms with Gasteiger partial charge in [-0.2, -0.15) is 5.10 Å². The number of aryl methyl sites for hydroxylation is 2. The number of aromatic nitrogens is 2. The van der Waals surface area contributed by atoms with Gasteiger partial charge in [0.25, 0.3) is 5.91 Å². The van der Waals surface area contributed by atoms with Crippen LogP contribution in [0.4, 0.5) is 0 Å². The van der Waals surface area contributed by atoms with Gasteiger partial charge in [-0.3, -0.25) is 9.89 Å². The van der Waals surface area contributed by atoms with Gasteiger partial charge in [-0.1, -0.05) is 42.5 Å². The third-order valence-corrected chi connectivity index (χ3v) is 6.65. The Kier molecular flexibility index (Phi) is 5.57. The Bertz CT molecular complexity index is 1340. The van der Waals surface area contributed by atoms with Crippen molar-refractivity contribution < 1.29 is 14.6 Å². The minimum atomic E-state index is -0.295. The SMILES string of the molecule is COc1ccc(CCN2C(=O)c3[nH]nc(-c4cc(C)c(C)cc4O)c3C2c2ccccc2)cc1. The van der Waals surface area contributed by atoms with Crippen molar-refractivity contribution in [3.05, 3.63) is 100 Å². The summed E-state index contributed by atoms with van der Waals surface area (Å²) < 4.78 is 5.26. The number of nitrogens with one attached hydrogen (secondary N) is 1. The molecule has 6 nitrogen and oxygen atoms in total. The lowest BCUT2D eigenvalue weighted by molar-refractivity contribution is 0.0746. The Hall–Kier alpha value is -4.06. The number of rotatable bonds is 6. The molecule has 0 bridgehead atoms. The van der Waals surface area contributed by atoms with Crippen molar-refractivity contribution >= 4 is 5.91 Å². The molecular weight excluding hydrogens is 426 g/mol. The normalized spacial score (nSPS) is 15.0. The third-order valence-electron chi connectivity index (χ3n) is 6.65. The molecule has 6 heteroatoms. The Labute approximate surface area is 198 Å². The molecule has 0 aliphatic carbocycles. The zero-order chi connectivity index (χ0) is 23.8. The fraction of sp³-hybridized carbons (Fsp3) is 0.214. The number of carbonyl (C=O) groups is 1. The molecule has 1 unspecified atom stereocenters. The second-order valence-electron chi connectivity index (χ2n) is 8.72. The maximum Gasteiger partial charge on any atom is 0.273 e. The molecule has 1 aliphatic heterocycles. The van der Waals surface area contributed by atoms with Crippen molar-refractivity contribution in [3.8, 4) is 22.8 Å². The fourth-order valence-electron chi connectivity index (χ4n) is 4.65. The van der Waals surface area contributed by atoms with Crippen LogP contribution in [0, 0.1) is 13.8 Å². The Balaban J connectivity index is 1.55. The number of amides is 1. The average molecular weight is 454 g/mol. The number of aromatic amines is 1. The highest BCUT2D eigenvalue weighted by Crippen LogP contribution is 2.44. The van der Waals surface area contributed by atoms with Crippen molar-refractivity contribution in [3.63, 3.8) is 0 Å². The lowest BCUT2D eigenvalue weighted by atomic mass is 9.94. The summed E-state index contributed by atoms with van der Waals surface area (Å²) in [5.74, 6) is 0.884. The largest absolute Gasteiger partial charge is 0.507 e. The Morgan fingerprint density at radius 2 is 1.74 bits per heavy atom. The molecule has 4 aromatic rings. The summed E-state index contributed by atoms with van der Waals surface area (Å²) in [5.41, 5.74) is 6.74. The van der Waals surface area contributed by atoms with Crippen molar-refractivity contribution in [2.24, 2.45) is 0 Å². The van der Waals surface area contributed by atoms with E-state index < -0.39 is 0 Å². The number of aromatic hydroxyl groups is 1. The van der Waals surface area contributed by atoms with Crippen LogP contribution in [0.2, 0.25) is 0 Å². The molecule has 172 valence electrons. The van der Waals surface area contributed by atoms with Crippen LogP contribution >= 0.6 is 0 Å². The topological polar surface area (TPSA) is 78.5 Å². The predicted octanol–water partition coefficient (Wildman–Crippen LogP) is 5.20. The average Bonchev–Trinajstić information content (AvgIpc) is 3.39. The summed E-state index contributed by atoms with van der Waals surface area (Å²) in [6.07, 6.45) is 0.709. The van der Waals surface area contributed by atoms with Crippen LogP contribution in [0.1, 0.15) is 44.3 Å². The van der Waals surface area contributed by atoms with E-state index in [0.29, 0.717) is 29.9 Å². The highest BCUT2D eigenvalue weighted by atomic mass is 16.5. The van der Waals surface area contributed by atoms with E-state index in [1.807, 2.05) is 79.4 Å². The first kappa shape index (κ1) is 21.8. The molecule has 0 fully saturated rings. The molecule has 1 atom stereocenters. The maximum absolute atomic E-state index is 13.5. The first-order valence-electron chi connectivity index (χ1n) is 11.4. The lowest BCUT2D eigenvalue weighted by Crippen LogP contribution is -2.31. The van der Waals surface area contributed by atoms with E-state index in [9.17, 15) is 9.90 Å². The molecule has 1 aromatic heterocycles. The van der Waals surface area contributed by atoms with Gasteiger partial charge in [0.2, 0.25) is 0 Å². The Morgan fingerprint density at radius 1 is 1.03 bits per heavy atom. The molecular formula is C28H27N3O3. The van der Waals surface area contributed by atoms with Crippen molar-refractivity contribution in [2.75, 3.05) is 13.7 Å². The van der Waals surface area contributed by atoms with Crippen LogP contribution in [-0.4, -0.2) is 39.8 Å². The molecule has 2 N–H and O–H groups in total. The number of phenols is 1.